The molecule has 0 atom stereocenters. The molecule has 0 N–H and O–H groups in total. The quantitative estimate of drug-likeness (QED) is 0.752. The van der Waals surface area contributed by atoms with E-state index in [4.69, 9.17) is 0 Å². The zero-order valence-electron chi connectivity index (χ0n) is 13.6. The van der Waals surface area contributed by atoms with Crippen LogP contribution in [0.2, 0.25) is 0 Å². The number of fused-ring (bicyclic) bond motifs is 1. The van der Waals surface area contributed by atoms with Crippen LogP contribution in [0.4, 0.5) is 5.69 Å². The van der Waals surface area contributed by atoms with Gasteiger partial charge in [0.1, 0.15) is 0 Å². The van der Waals surface area contributed by atoms with Crippen LogP contribution in [-0.2, 0) is 4.79 Å². The van der Waals surface area contributed by atoms with E-state index in [0.29, 0.717) is 22.6 Å². The van der Waals surface area contributed by atoms with Crippen LogP contribution in [0.3, 0.4) is 0 Å². The van der Waals surface area contributed by atoms with Gasteiger partial charge in [0, 0.05) is 37.2 Å². The maximum Gasteiger partial charge on any atom is 0.300 e. The van der Waals surface area contributed by atoms with Crippen molar-refractivity contribution in [2.24, 2.45) is 5.92 Å². The molecule has 0 saturated carbocycles. The highest BCUT2D eigenvalue weighted by Gasteiger charge is 2.38. The fourth-order valence-electron chi connectivity index (χ4n) is 3.27. The Bertz CT molecular complexity index is 624. The molecule has 0 unspecified atom stereocenters. The lowest BCUT2D eigenvalue weighted by Crippen LogP contribution is -2.51. The number of halogens is 1. The fraction of sp³-hybridized carbons (Fsp3) is 0.529. The van der Waals surface area contributed by atoms with E-state index >= 15 is 0 Å². The minimum atomic E-state index is -0.420. The van der Waals surface area contributed by atoms with Crippen molar-refractivity contribution in [2.45, 2.75) is 13.8 Å². The van der Waals surface area contributed by atoms with E-state index in [2.05, 4.69) is 39.6 Å². The maximum absolute atomic E-state index is 12.3. The van der Waals surface area contributed by atoms with Crippen molar-refractivity contribution in [2.75, 3.05) is 44.3 Å². The summed E-state index contributed by atoms with van der Waals surface area (Å²) in [5.74, 6) is -0.161. The highest BCUT2D eigenvalue weighted by Crippen LogP contribution is 2.34. The van der Waals surface area contributed by atoms with E-state index in [-0.39, 0.29) is 0 Å². The summed E-state index contributed by atoms with van der Waals surface area (Å²) in [6.45, 7) is 9.95. The van der Waals surface area contributed by atoms with E-state index < -0.39 is 11.7 Å². The van der Waals surface area contributed by atoms with Crippen LogP contribution in [0, 0.1) is 5.92 Å². The number of benzene rings is 1. The fourth-order valence-corrected chi connectivity index (χ4v) is 3.81. The van der Waals surface area contributed by atoms with Gasteiger partial charge >= 0.3 is 5.91 Å². The number of amides is 1. The van der Waals surface area contributed by atoms with Crippen molar-refractivity contribution in [3.8, 4) is 0 Å². The van der Waals surface area contributed by atoms with E-state index in [9.17, 15) is 9.59 Å². The zero-order valence-corrected chi connectivity index (χ0v) is 15.2. The van der Waals surface area contributed by atoms with Gasteiger partial charge in [-0.3, -0.25) is 19.4 Å². The summed E-state index contributed by atoms with van der Waals surface area (Å²) in [6, 6.07) is 5.51. The molecule has 2 heterocycles. The molecule has 6 heteroatoms. The first-order valence-corrected chi connectivity index (χ1v) is 8.86. The van der Waals surface area contributed by atoms with Crippen molar-refractivity contribution in [1.82, 2.24) is 9.80 Å². The van der Waals surface area contributed by atoms with E-state index in [0.717, 1.165) is 38.4 Å². The maximum atomic E-state index is 12.3. The lowest BCUT2D eigenvalue weighted by molar-refractivity contribution is -0.114. The molecule has 1 amide bonds. The SMILES string of the molecule is CC(C)CN1CCN(CN2C(=O)C(=O)c3c(Br)cccc32)CC1. The second-order valence-corrected chi connectivity index (χ2v) is 7.50. The van der Waals surface area contributed by atoms with Gasteiger partial charge in [-0.25, -0.2) is 0 Å². The monoisotopic (exact) mass is 379 g/mol. The molecule has 1 saturated heterocycles. The molecular weight excluding hydrogens is 358 g/mol. The Morgan fingerprint density at radius 2 is 1.74 bits per heavy atom. The number of carbonyl (C=O) groups excluding carboxylic acids is 2. The Hall–Kier alpha value is -1.24. The van der Waals surface area contributed by atoms with Crippen LogP contribution >= 0.6 is 15.9 Å². The number of piperazine rings is 1. The molecule has 2 aliphatic heterocycles. The molecule has 124 valence electrons. The average Bonchev–Trinajstić information content (AvgIpc) is 2.75. The molecular formula is C17H22BrN3O2. The predicted molar refractivity (Wildman–Crippen MR) is 93.7 cm³/mol. The standard InChI is InChI=1S/C17H22BrN3O2/c1-12(2)10-19-6-8-20(9-7-19)11-21-14-5-3-4-13(18)15(14)16(22)17(21)23/h3-5,12H,6-11H2,1-2H3. The molecule has 0 radical (unpaired) electrons. The first-order chi connectivity index (χ1) is 11.0. The summed E-state index contributed by atoms with van der Waals surface area (Å²) >= 11 is 3.38. The third kappa shape index (κ3) is 3.34. The van der Waals surface area contributed by atoms with Gasteiger partial charge in [0.2, 0.25) is 0 Å². The second kappa shape index (κ2) is 6.71. The van der Waals surface area contributed by atoms with Gasteiger partial charge in [0.25, 0.3) is 5.78 Å². The first kappa shape index (κ1) is 16.6. The molecule has 23 heavy (non-hydrogen) atoms. The predicted octanol–water partition coefficient (Wildman–Crippen LogP) is 2.21. The summed E-state index contributed by atoms with van der Waals surface area (Å²) < 4.78 is 0.692. The molecule has 0 aromatic heterocycles. The van der Waals surface area contributed by atoms with Crippen LogP contribution < -0.4 is 4.90 Å². The normalized spacial score (nSPS) is 19.7. The third-order valence-corrected chi connectivity index (χ3v) is 5.04. The topological polar surface area (TPSA) is 43.9 Å². The number of rotatable bonds is 4. The molecule has 0 bridgehead atoms. The highest BCUT2D eigenvalue weighted by molar-refractivity contribution is 9.10. The molecule has 0 aliphatic carbocycles. The minimum Gasteiger partial charge on any atom is -0.301 e. The highest BCUT2D eigenvalue weighted by atomic mass is 79.9. The Balaban J connectivity index is 1.67. The number of carbonyl (C=O) groups is 2. The van der Waals surface area contributed by atoms with Gasteiger partial charge in [0.05, 0.1) is 17.9 Å². The molecule has 1 aromatic rings. The van der Waals surface area contributed by atoms with Crippen LogP contribution in [0.25, 0.3) is 0 Å². The number of nitrogens with zero attached hydrogens (tertiary/aromatic N) is 3. The Morgan fingerprint density at radius 1 is 1.09 bits per heavy atom. The van der Waals surface area contributed by atoms with Gasteiger partial charge in [-0.2, -0.15) is 0 Å². The summed E-state index contributed by atoms with van der Waals surface area (Å²) in [5.41, 5.74) is 1.22. The number of ketones is 1. The third-order valence-electron chi connectivity index (χ3n) is 4.38. The van der Waals surface area contributed by atoms with Crippen LogP contribution in [0.15, 0.2) is 22.7 Å². The summed E-state index contributed by atoms with van der Waals surface area (Å²) in [5, 5.41) is 0. The van der Waals surface area contributed by atoms with Crippen LogP contribution in [-0.4, -0.2) is 60.9 Å². The Kier molecular flexibility index (Phi) is 4.85. The number of anilines is 1. The molecule has 5 nitrogen and oxygen atoms in total. The Morgan fingerprint density at radius 3 is 2.39 bits per heavy atom. The molecule has 3 rings (SSSR count). The Labute approximate surface area is 145 Å². The molecule has 0 spiro atoms. The summed E-state index contributed by atoms with van der Waals surface area (Å²) in [7, 11) is 0. The summed E-state index contributed by atoms with van der Waals surface area (Å²) in [6.07, 6.45) is 0. The van der Waals surface area contributed by atoms with Gasteiger partial charge in [0.15, 0.2) is 0 Å². The van der Waals surface area contributed by atoms with Crippen molar-refractivity contribution in [3.05, 3.63) is 28.2 Å². The van der Waals surface area contributed by atoms with Gasteiger partial charge < -0.3 is 4.90 Å². The molecule has 2 aliphatic rings. The number of Topliss-reactive ketones (excluding diaryl/α,β-unsaturated/α-hetero) is 1. The van der Waals surface area contributed by atoms with Gasteiger partial charge in [-0.05, 0) is 34.0 Å². The average molecular weight is 380 g/mol. The second-order valence-electron chi connectivity index (χ2n) is 6.65. The molecule has 1 fully saturated rings. The van der Waals surface area contributed by atoms with E-state index in [1.54, 1.807) is 11.0 Å². The zero-order chi connectivity index (χ0) is 16.6. The first-order valence-electron chi connectivity index (χ1n) is 8.07. The van der Waals surface area contributed by atoms with Crippen LogP contribution in [0.1, 0.15) is 24.2 Å². The molecule has 1 aromatic carbocycles. The van der Waals surface area contributed by atoms with Crippen LogP contribution in [0.5, 0.6) is 0 Å². The largest absolute Gasteiger partial charge is 0.301 e. The number of hydrogen-bond acceptors (Lipinski definition) is 4. The van der Waals surface area contributed by atoms with Gasteiger partial charge in [-0.15, -0.1) is 0 Å². The lowest BCUT2D eigenvalue weighted by atomic mass is 10.1. The number of hydrogen-bond donors (Lipinski definition) is 0. The van der Waals surface area contributed by atoms with E-state index in [1.165, 1.54) is 0 Å². The van der Waals surface area contributed by atoms with Crippen molar-refractivity contribution < 1.29 is 9.59 Å². The smallest absolute Gasteiger partial charge is 0.300 e. The van der Waals surface area contributed by atoms with Crippen molar-refractivity contribution >= 4 is 33.3 Å². The van der Waals surface area contributed by atoms with E-state index in [1.807, 2.05) is 12.1 Å². The summed E-state index contributed by atoms with van der Waals surface area (Å²) in [4.78, 5) is 30.8. The van der Waals surface area contributed by atoms with Crippen molar-refractivity contribution in [3.63, 3.8) is 0 Å². The lowest BCUT2D eigenvalue weighted by Gasteiger charge is -2.37. The van der Waals surface area contributed by atoms with Crippen molar-refractivity contribution in [1.29, 1.82) is 0 Å². The van der Waals surface area contributed by atoms with Gasteiger partial charge in [-0.1, -0.05) is 19.9 Å². The minimum absolute atomic E-state index is 0.411.